The molecule has 0 bridgehead atoms. The standard InChI is InChI=1S/C17H16O5/c1-20-13-6-4-5-11(9-18)15(13)16-12(10-19)7-8-14(21-2)17(16)22-3/h4-10H,1-3H3. The van der Waals surface area contributed by atoms with Crippen molar-refractivity contribution < 1.29 is 23.8 Å². The van der Waals surface area contributed by atoms with Gasteiger partial charge in [-0.25, -0.2) is 0 Å². The molecule has 5 heteroatoms. The maximum Gasteiger partial charge on any atom is 0.169 e. The molecule has 2 rings (SSSR count). The van der Waals surface area contributed by atoms with Crippen LogP contribution in [0.4, 0.5) is 0 Å². The third-order valence-electron chi connectivity index (χ3n) is 3.36. The van der Waals surface area contributed by atoms with Gasteiger partial charge in [-0.2, -0.15) is 0 Å². The van der Waals surface area contributed by atoms with Crippen molar-refractivity contribution in [2.24, 2.45) is 0 Å². The largest absolute Gasteiger partial charge is 0.496 e. The van der Waals surface area contributed by atoms with Crippen molar-refractivity contribution in [3.63, 3.8) is 0 Å². The Kier molecular flexibility index (Phi) is 4.78. The Morgan fingerprint density at radius 3 is 1.91 bits per heavy atom. The van der Waals surface area contributed by atoms with Crippen molar-refractivity contribution in [2.45, 2.75) is 0 Å². The molecule has 0 N–H and O–H groups in total. The van der Waals surface area contributed by atoms with Gasteiger partial charge in [0.15, 0.2) is 24.1 Å². The van der Waals surface area contributed by atoms with Crippen LogP contribution in [-0.2, 0) is 0 Å². The van der Waals surface area contributed by atoms with Crippen LogP contribution in [0.3, 0.4) is 0 Å². The second-order valence-corrected chi connectivity index (χ2v) is 4.43. The maximum atomic E-state index is 11.4. The first kappa shape index (κ1) is 15.6. The van der Waals surface area contributed by atoms with E-state index in [9.17, 15) is 9.59 Å². The summed E-state index contributed by atoms with van der Waals surface area (Å²) in [6.07, 6.45) is 1.42. The Morgan fingerprint density at radius 1 is 0.727 bits per heavy atom. The van der Waals surface area contributed by atoms with E-state index in [1.807, 2.05) is 0 Å². The highest BCUT2D eigenvalue weighted by atomic mass is 16.5. The van der Waals surface area contributed by atoms with Gasteiger partial charge in [0.05, 0.1) is 21.3 Å². The van der Waals surface area contributed by atoms with Crippen LogP contribution in [0.2, 0.25) is 0 Å². The van der Waals surface area contributed by atoms with E-state index in [1.165, 1.54) is 21.3 Å². The zero-order chi connectivity index (χ0) is 16.1. The molecule has 2 aromatic carbocycles. The molecule has 0 atom stereocenters. The Morgan fingerprint density at radius 2 is 1.36 bits per heavy atom. The van der Waals surface area contributed by atoms with Gasteiger partial charge in [-0.1, -0.05) is 12.1 Å². The third kappa shape index (κ3) is 2.53. The van der Waals surface area contributed by atoms with Crippen molar-refractivity contribution in [1.29, 1.82) is 0 Å². The highest BCUT2D eigenvalue weighted by Crippen LogP contribution is 2.44. The van der Waals surface area contributed by atoms with E-state index in [0.717, 1.165) is 0 Å². The summed E-state index contributed by atoms with van der Waals surface area (Å²) in [6.45, 7) is 0. The zero-order valence-electron chi connectivity index (χ0n) is 12.6. The number of carbonyl (C=O) groups excluding carboxylic acids is 2. The zero-order valence-corrected chi connectivity index (χ0v) is 12.6. The van der Waals surface area contributed by atoms with Gasteiger partial charge in [0.2, 0.25) is 0 Å². The molecule has 0 aliphatic rings. The number of hydrogen-bond acceptors (Lipinski definition) is 5. The Hall–Kier alpha value is -2.82. The van der Waals surface area contributed by atoms with Gasteiger partial charge < -0.3 is 14.2 Å². The van der Waals surface area contributed by atoms with E-state index in [-0.39, 0.29) is 0 Å². The Labute approximate surface area is 128 Å². The molecule has 0 spiro atoms. The normalized spacial score (nSPS) is 9.95. The molecule has 0 fully saturated rings. The minimum Gasteiger partial charge on any atom is -0.496 e. The lowest BCUT2D eigenvalue weighted by atomic mass is 9.94. The van der Waals surface area contributed by atoms with E-state index >= 15 is 0 Å². The van der Waals surface area contributed by atoms with E-state index in [4.69, 9.17) is 14.2 Å². The fraction of sp³-hybridized carbons (Fsp3) is 0.176. The van der Waals surface area contributed by atoms with E-state index in [0.29, 0.717) is 52.1 Å². The Bertz CT molecular complexity index is 706. The van der Waals surface area contributed by atoms with Crippen molar-refractivity contribution in [2.75, 3.05) is 21.3 Å². The first-order valence-corrected chi connectivity index (χ1v) is 6.54. The second-order valence-electron chi connectivity index (χ2n) is 4.43. The molecule has 0 aliphatic heterocycles. The number of carbonyl (C=O) groups is 2. The van der Waals surface area contributed by atoms with Crippen molar-refractivity contribution in [1.82, 2.24) is 0 Å². The van der Waals surface area contributed by atoms with Gasteiger partial charge in [0, 0.05) is 22.3 Å². The van der Waals surface area contributed by atoms with Crippen LogP contribution in [0.25, 0.3) is 11.1 Å². The van der Waals surface area contributed by atoms with Crippen LogP contribution < -0.4 is 14.2 Å². The number of methoxy groups -OCH3 is 3. The SMILES string of the molecule is COc1ccc(C=O)c(-c2c(C=O)cccc2OC)c1OC. The predicted molar refractivity (Wildman–Crippen MR) is 82.3 cm³/mol. The van der Waals surface area contributed by atoms with Crippen LogP contribution in [0.1, 0.15) is 20.7 Å². The summed E-state index contributed by atoms with van der Waals surface area (Å²) < 4.78 is 16.0. The van der Waals surface area contributed by atoms with Crippen molar-refractivity contribution >= 4 is 12.6 Å². The molecule has 5 nitrogen and oxygen atoms in total. The average molecular weight is 300 g/mol. The lowest BCUT2D eigenvalue weighted by Gasteiger charge is -2.18. The predicted octanol–water partition coefficient (Wildman–Crippen LogP) is 3.00. The second kappa shape index (κ2) is 6.76. The molecular weight excluding hydrogens is 284 g/mol. The molecule has 114 valence electrons. The Balaban J connectivity index is 2.92. The fourth-order valence-electron chi connectivity index (χ4n) is 2.38. The van der Waals surface area contributed by atoms with Crippen LogP contribution in [0, 0.1) is 0 Å². The van der Waals surface area contributed by atoms with Gasteiger partial charge in [0.25, 0.3) is 0 Å². The van der Waals surface area contributed by atoms with Crippen LogP contribution in [0.15, 0.2) is 30.3 Å². The number of rotatable bonds is 6. The topological polar surface area (TPSA) is 61.8 Å². The fourth-order valence-corrected chi connectivity index (χ4v) is 2.38. The van der Waals surface area contributed by atoms with Gasteiger partial charge >= 0.3 is 0 Å². The minimum absolute atomic E-state index is 0.375. The van der Waals surface area contributed by atoms with E-state index in [2.05, 4.69) is 0 Å². The molecular formula is C17H16O5. The molecule has 0 aromatic heterocycles. The molecule has 2 aromatic rings. The number of hydrogen-bond donors (Lipinski definition) is 0. The molecule has 0 unspecified atom stereocenters. The van der Waals surface area contributed by atoms with Crippen LogP contribution in [0.5, 0.6) is 17.2 Å². The molecule has 0 heterocycles. The van der Waals surface area contributed by atoms with Gasteiger partial charge in [-0.05, 0) is 18.2 Å². The molecule has 0 aliphatic carbocycles. The minimum atomic E-state index is 0.375. The summed E-state index contributed by atoms with van der Waals surface area (Å²) in [5.74, 6) is 1.31. The lowest BCUT2D eigenvalue weighted by molar-refractivity contribution is 0.111. The highest BCUT2D eigenvalue weighted by molar-refractivity contribution is 5.99. The summed E-state index contributed by atoms with van der Waals surface area (Å²) in [5, 5.41) is 0. The monoisotopic (exact) mass is 300 g/mol. The molecule has 0 radical (unpaired) electrons. The first-order valence-electron chi connectivity index (χ1n) is 6.54. The molecule has 0 amide bonds. The van der Waals surface area contributed by atoms with E-state index in [1.54, 1.807) is 30.3 Å². The van der Waals surface area contributed by atoms with Crippen LogP contribution >= 0.6 is 0 Å². The summed E-state index contributed by atoms with van der Waals surface area (Å²) >= 11 is 0. The summed E-state index contributed by atoms with van der Waals surface area (Å²) in [5.41, 5.74) is 1.74. The van der Waals surface area contributed by atoms with Crippen molar-refractivity contribution in [3.05, 3.63) is 41.5 Å². The lowest BCUT2D eigenvalue weighted by Crippen LogP contribution is -2.01. The third-order valence-corrected chi connectivity index (χ3v) is 3.36. The van der Waals surface area contributed by atoms with Gasteiger partial charge in [-0.3, -0.25) is 9.59 Å². The average Bonchev–Trinajstić information content (AvgIpc) is 2.59. The first-order chi connectivity index (χ1) is 10.7. The quantitative estimate of drug-likeness (QED) is 0.767. The highest BCUT2D eigenvalue weighted by Gasteiger charge is 2.22. The smallest absolute Gasteiger partial charge is 0.169 e. The molecule has 0 saturated heterocycles. The molecule has 0 saturated carbocycles. The summed E-state index contributed by atoms with van der Waals surface area (Å²) in [7, 11) is 4.48. The summed E-state index contributed by atoms with van der Waals surface area (Å²) in [4.78, 5) is 22.8. The van der Waals surface area contributed by atoms with Crippen molar-refractivity contribution in [3.8, 4) is 28.4 Å². The number of ether oxygens (including phenoxy) is 3. The number of benzene rings is 2. The summed E-state index contributed by atoms with van der Waals surface area (Å²) in [6, 6.07) is 8.33. The van der Waals surface area contributed by atoms with Gasteiger partial charge in [-0.15, -0.1) is 0 Å². The number of aldehydes is 2. The van der Waals surface area contributed by atoms with Gasteiger partial charge in [0.1, 0.15) is 5.75 Å². The van der Waals surface area contributed by atoms with E-state index < -0.39 is 0 Å². The van der Waals surface area contributed by atoms with Crippen LogP contribution in [-0.4, -0.2) is 33.9 Å². The maximum absolute atomic E-state index is 11.4. The molecule has 22 heavy (non-hydrogen) atoms.